The van der Waals surface area contributed by atoms with Gasteiger partial charge in [0.05, 0.1) is 6.04 Å². The summed E-state index contributed by atoms with van der Waals surface area (Å²) in [5.74, 6) is -0.190. The highest BCUT2D eigenvalue weighted by atomic mass is 19.1. The Kier molecular flexibility index (Phi) is 5.74. The van der Waals surface area contributed by atoms with Crippen molar-refractivity contribution in [2.45, 2.75) is 64.1 Å². The first kappa shape index (κ1) is 16.0. The number of hydrogen-bond acceptors (Lipinski definition) is 2. The number of carbonyl (C=O) groups is 1. The van der Waals surface area contributed by atoms with E-state index in [4.69, 9.17) is 0 Å². The van der Waals surface area contributed by atoms with Gasteiger partial charge in [0.2, 0.25) is 5.91 Å². The Morgan fingerprint density at radius 3 is 2.38 bits per heavy atom. The van der Waals surface area contributed by atoms with Crippen LogP contribution in [0.5, 0.6) is 0 Å². The standard InChI is InChI=1S/C17H25FN2O/c1-12(14-8-10-15(18)11-9-14)19-13(2)17(21)20-16-6-4-3-5-7-16/h8-13,16,19H,3-7H2,1-2H3,(H,20,21). The molecule has 116 valence electrons. The fourth-order valence-electron chi connectivity index (χ4n) is 2.87. The largest absolute Gasteiger partial charge is 0.352 e. The van der Waals surface area contributed by atoms with E-state index in [0.717, 1.165) is 18.4 Å². The Morgan fingerprint density at radius 2 is 1.76 bits per heavy atom. The zero-order valence-electron chi connectivity index (χ0n) is 12.9. The van der Waals surface area contributed by atoms with E-state index in [1.165, 1.54) is 31.4 Å². The Balaban J connectivity index is 1.83. The normalized spacial score (nSPS) is 19.0. The second-order valence-electron chi connectivity index (χ2n) is 6.01. The highest BCUT2D eigenvalue weighted by Crippen LogP contribution is 2.18. The van der Waals surface area contributed by atoms with E-state index in [-0.39, 0.29) is 23.8 Å². The lowest BCUT2D eigenvalue weighted by atomic mass is 9.95. The summed E-state index contributed by atoms with van der Waals surface area (Å²) in [5.41, 5.74) is 0.980. The molecule has 0 radical (unpaired) electrons. The van der Waals surface area contributed by atoms with Crippen molar-refractivity contribution >= 4 is 5.91 Å². The van der Waals surface area contributed by atoms with E-state index < -0.39 is 0 Å². The molecular weight excluding hydrogens is 267 g/mol. The molecule has 21 heavy (non-hydrogen) atoms. The molecule has 1 aromatic rings. The Bertz CT molecular complexity index is 454. The van der Waals surface area contributed by atoms with Gasteiger partial charge in [-0.05, 0) is 44.4 Å². The van der Waals surface area contributed by atoms with Crippen molar-refractivity contribution in [1.29, 1.82) is 0 Å². The van der Waals surface area contributed by atoms with Crippen LogP contribution < -0.4 is 10.6 Å². The van der Waals surface area contributed by atoms with Crippen LogP contribution >= 0.6 is 0 Å². The fourth-order valence-corrected chi connectivity index (χ4v) is 2.87. The average molecular weight is 292 g/mol. The van der Waals surface area contributed by atoms with E-state index in [2.05, 4.69) is 10.6 Å². The third-order valence-electron chi connectivity index (χ3n) is 4.21. The molecule has 0 saturated heterocycles. The second-order valence-corrected chi connectivity index (χ2v) is 6.01. The summed E-state index contributed by atoms with van der Waals surface area (Å²) in [7, 11) is 0. The van der Waals surface area contributed by atoms with Gasteiger partial charge in [0.15, 0.2) is 0 Å². The van der Waals surface area contributed by atoms with E-state index in [9.17, 15) is 9.18 Å². The third-order valence-corrected chi connectivity index (χ3v) is 4.21. The summed E-state index contributed by atoms with van der Waals surface area (Å²) in [6.45, 7) is 3.86. The minimum absolute atomic E-state index is 0.0118. The first-order valence-corrected chi connectivity index (χ1v) is 7.88. The van der Waals surface area contributed by atoms with Gasteiger partial charge in [-0.25, -0.2) is 4.39 Å². The van der Waals surface area contributed by atoms with Crippen LogP contribution in [-0.2, 0) is 4.79 Å². The topological polar surface area (TPSA) is 41.1 Å². The number of benzene rings is 1. The van der Waals surface area contributed by atoms with E-state index in [0.29, 0.717) is 6.04 Å². The van der Waals surface area contributed by atoms with Gasteiger partial charge in [0.1, 0.15) is 5.82 Å². The molecule has 0 aromatic heterocycles. The van der Waals surface area contributed by atoms with E-state index >= 15 is 0 Å². The van der Waals surface area contributed by atoms with Crippen molar-refractivity contribution in [2.24, 2.45) is 0 Å². The van der Waals surface area contributed by atoms with Gasteiger partial charge in [0.25, 0.3) is 0 Å². The second kappa shape index (κ2) is 7.55. The zero-order valence-corrected chi connectivity index (χ0v) is 12.9. The minimum Gasteiger partial charge on any atom is -0.352 e. The number of carbonyl (C=O) groups excluding carboxylic acids is 1. The van der Waals surface area contributed by atoms with Crippen LogP contribution in [0, 0.1) is 5.82 Å². The number of nitrogens with one attached hydrogen (secondary N) is 2. The van der Waals surface area contributed by atoms with Crippen LogP contribution in [0.15, 0.2) is 24.3 Å². The Morgan fingerprint density at radius 1 is 1.14 bits per heavy atom. The Hall–Kier alpha value is -1.42. The monoisotopic (exact) mass is 292 g/mol. The highest BCUT2D eigenvalue weighted by Gasteiger charge is 2.20. The van der Waals surface area contributed by atoms with Crippen molar-refractivity contribution in [3.05, 3.63) is 35.6 Å². The summed E-state index contributed by atoms with van der Waals surface area (Å²) in [6, 6.07) is 6.47. The molecule has 3 nitrogen and oxygen atoms in total. The molecule has 1 amide bonds. The Labute approximate surface area is 126 Å². The van der Waals surface area contributed by atoms with Gasteiger partial charge in [-0.3, -0.25) is 10.1 Å². The molecule has 0 spiro atoms. The molecule has 1 aliphatic rings. The van der Waals surface area contributed by atoms with Crippen molar-refractivity contribution in [3.8, 4) is 0 Å². The van der Waals surface area contributed by atoms with Crippen LogP contribution in [0.2, 0.25) is 0 Å². The van der Waals surface area contributed by atoms with Crippen LogP contribution in [0.25, 0.3) is 0 Å². The van der Waals surface area contributed by atoms with Gasteiger partial charge in [-0.2, -0.15) is 0 Å². The van der Waals surface area contributed by atoms with Crippen LogP contribution in [0.1, 0.15) is 57.6 Å². The lowest BCUT2D eigenvalue weighted by Crippen LogP contribution is -2.47. The molecule has 2 unspecified atom stereocenters. The van der Waals surface area contributed by atoms with Crippen LogP contribution in [0.4, 0.5) is 4.39 Å². The maximum absolute atomic E-state index is 12.9. The average Bonchev–Trinajstić information content (AvgIpc) is 2.48. The molecule has 1 fully saturated rings. The maximum atomic E-state index is 12.9. The van der Waals surface area contributed by atoms with Crippen molar-refractivity contribution < 1.29 is 9.18 Å². The molecule has 0 heterocycles. The minimum atomic E-state index is -0.257. The summed E-state index contributed by atoms with van der Waals surface area (Å²) in [6.07, 6.45) is 5.87. The zero-order chi connectivity index (χ0) is 15.2. The summed E-state index contributed by atoms with van der Waals surface area (Å²) in [4.78, 5) is 12.2. The molecule has 0 bridgehead atoms. The molecule has 2 rings (SSSR count). The fraction of sp³-hybridized carbons (Fsp3) is 0.588. The lowest BCUT2D eigenvalue weighted by molar-refractivity contribution is -0.123. The highest BCUT2D eigenvalue weighted by molar-refractivity contribution is 5.81. The lowest BCUT2D eigenvalue weighted by Gasteiger charge is -2.26. The number of halogens is 1. The number of amides is 1. The molecule has 4 heteroatoms. The molecule has 2 N–H and O–H groups in total. The van der Waals surface area contributed by atoms with Gasteiger partial charge >= 0.3 is 0 Å². The molecule has 1 aromatic carbocycles. The molecule has 1 aliphatic carbocycles. The van der Waals surface area contributed by atoms with Crippen molar-refractivity contribution in [3.63, 3.8) is 0 Å². The van der Waals surface area contributed by atoms with Gasteiger partial charge in [0, 0.05) is 12.1 Å². The molecular formula is C17H25FN2O. The first-order chi connectivity index (χ1) is 10.1. The molecule has 2 atom stereocenters. The van der Waals surface area contributed by atoms with Crippen molar-refractivity contribution in [2.75, 3.05) is 0 Å². The van der Waals surface area contributed by atoms with E-state index in [1.54, 1.807) is 12.1 Å². The number of hydrogen-bond donors (Lipinski definition) is 2. The summed E-state index contributed by atoms with van der Waals surface area (Å²) >= 11 is 0. The quantitative estimate of drug-likeness (QED) is 0.874. The molecule has 0 aliphatic heterocycles. The predicted molar refractivity (Wildman–Crippen MR) is 82.4 cm³/mol. The van der Waals surface area contributed by atoms with Gasteiger partial charge in [-0.1, -0.05) is 31.4 Å². The number of rotatable bonds is 5. The first-order valence-electron chi connectivity index (χ1n) is 7.88. The third kappa shape index (κ3) is 4.81. The smallest absolute Gasteiger partial charge is 0.237 e. The van der Waals surface area contributed by atoms with Crippen molar-refractivity contribution in [1.82, 2.24) is 10.6 Å². The SMILES string of the molecule is CC(NC(C)c1ccc(F)cc1)C(=O)NC1CCCCC1. The van der Waals surface area contributed by atoms with Crippen LogP contribution in [-0.4, -0.2) is 18.0 Å². The predicted octanol–water partition coefficient (Wildman–Crippen LogP) is 3.31. The van der Waals surface area contributed by atoms with E-state index in [1.807, 2.05) is 13.8 Å². The summed E-state index contributed by atoms with van der Waals surface area (Å²) < 4.78 is 12.9. The summed E-state index contributed by atoms with van der Waals surface area (Å²) in [5, 5.41) is 6.39. The van der Waals surface area contributed by atoms with Gasteiger partial charge < -0.3 is 5.32 Å². The van der Waals surface area contributed by atoms with Gasteiger partial charge in [-0.15, -0.1) is 0 Å². The van der Waals surface area contributed by atoms with Crippen LogP contribution in [0.3, 0.4) is 0 Å². The maximum Gasteiger partial charge on any atom is 0.237 e. The molecule has 1 saturated carbocycles.